The van der Waals surface area contributed by atoms with Gasteiger partial charge in [0, 0.05) is 5.56 Å². The first-order chi connectivity index (χ1) is 20.6. The number of anilines is 2. The molecule has 0 aromatic heterocycles. The number of aromatic carboxylic acids is 1. The first kappa shape index (κ1) is 29.0. The van der Waals surface area contributed by atoms with Gasteiger partial charge >= 0.3 is 18.1 Å². The number of aromatic hydroxyl groups is 1. The number of carbonyl (C=O) groups excluding carboxylic acids is 1. The Balaban J connectivity index is 1.42. The molecule has 4 aromatic carbocycles. The Bertz CT molecular complexity index is 1720. The first-order valence-corrected chi connectivity index (χ1v) is 12.8. The number of phenolic OH excluding ortho intramolecular Hbond substituents is 1. The molecule has 0 fully saturated rings. The SMILES string of the molecule is O=C(O)c1cccc(-c2cccc(NN=C3C(=O)N(c4ccc(C(F)(F)F)cc4)N=C3COCc3ccccc3)c2O)c1. The van der Waals surface area contributed by atoms with Crippen molar-refractivity contribution in [3.8, 4) is 16.9 Å². The molecule has 0 unspecified atom stereocenters. The number of alkyl halides is 3. The summed E-state index contributed by atoms with van der Waals surface area (Å²) in [6, 6.07) is 23.9. The maximum atomic E-state index is 13.4. The van der Waals surface area contributed by atoms with Crippen LogP contribution < -0.4 is 10.4 Å². The van der Waals surface area contributed by atoms with Gasteiger partial charge in [0.05, 0.1) is 35.7 Å². The van der Waals surface area contributed by atoms with Crippen molar-refractivity contribution in [2.75, 3.05) is 17.0 Å². The zero-order chi connectivity index (χ0) is 30.6. The summed E-state index contributed by atoms with van der Waals surface area (Å²) < 4.78 is 44.9. The summed E-state index contributed by atoms with van der Waals surface area (Å²) >= 11 is 0. The number of carbonyl (C=O) groups is 2. The molecule has 3 N–H and O–H groups in total. The molecule has 1 aliphatic heterocycles. The summed E-state index contributed by atoms with van der Waals surface area (Å²) in [5.74, 6) is -2.10. The highest BCUT2D eigenvalue weighted by Gasteiger charge is 2.35. The maximum absolute atomic E-state index is 13.4. The number of nitrogens with one attached hydrogen (secondary N) is 1. The average Bonchev–Trinajstić information content (AvgIpc) is 3.31. The van der Waals surface area contributed by atoms with E-state index in [9.17, 15) is 33.0 Å². The number of nitrogens with zero attached hydrogens (tertiary/aromatic N) is 3. The molecule has 5 rings (SSSR count). The van der Waals surface area contributed by atoms with Gasteiger partial charge in [-0.15, -0.1) is 0 Å². The first-order valence-electron chi connectivity index (χ1n) is 12.8. The molecule has 0 atom stereocenters. The van der Waals surface area contributed by atoms with Crippen molar-refractivity contribution >= 4 is 34.7 Å². The number of hydrazone groups is 2. The smallest absolute Gasteiger partial charge is 0.416 e. The predicted octanol–water partition coefficient (Wildman–Crippen LogP) is 6.16. The molecule has 0 saturated carbocycles. The van der Waals surface area contributed by atoms with E-state index in [1.807, 2.05) is 30.3 Å². The molecule has 0 aliphatic carbocycles. The van der Waals surface area contributed by atoms with Gasteiger partial charge in [-0.05, 0) is 53.6 Å². The summed E-state index contributed by atoms with van der Waals surface area (Å²) in [5, 5.41) is 29.6. The molecule has 0 saturated heterocycles. The van der Waals surface area contributed by atoms with Crippen molar-refractivity contribution < 1.29 is 37.7 Å². The average molecular weight is 589 g/mol. The highest BCUT2D eigenvalue weighted by Crippen LogP contribution is 2.36. The Morgan fingerprint density at radius 3 is 2.35 bits per heavy atom. The van der Waals surface area contributed by atoms with Crippen LogP contribution in [0.15, 0.2) is 107 Å². The third-order valence-corrected chi connectivity index (χ3v) is 6.42. The number of benzene rings is 4. The van der Waals surface area contributed by atoms with Crippen LogP contribution in [0.1, 0.15) is 21.5 Å². The summed E-state index contributed by atoms with van der Waals surface area (Å²) in [4.78, 5) is 24.8. The largest absolute Gasteiger partial charge is 0.505 e. The lowest BCUT2D eigenvalue weighted by Crippen LogP contribution is -2.29. The molecule has 12 heteroatoms. The summed E-state index contributed by atoms with van der Waals surface area (Å²) in [6.07, 6.45) is -4.55. The van der Waals surface area contributed by atoms with Crippen LogP contribution in [0.25, 0.3) is 11.1 Å². The van der Waals surface area contributed by atoms with Crippen LogP contribution in [0.5, 0.6) is 5.75 Å². The third kappa shape index (κ3) is 6.54. The summed E-state index contributed by atoms with van der Waals surface area (Å²) in [7, 11) is 0. The van der Waals surface area contributed by atoms with E-state index in [0.29, 0.717) is 11.1 Å². The fourth-order valence-corrected chi connectivity index (χ4v) is 4.26. The van der Waals surface area contributed by atoms with Crippen molar-refractivity contribution in [2.24, 2.45) is 10.2 Å². The Morgan fingerprint density at radius 1 is 0.930 bits per heavy atom. The second kappa shape index (κ2) is 12.2. The van der Waals surface area contributed by atoms with E-state index in [1.165, 1.54) is 18.2 Å². The van der Waals surface area contributed by atoms with E-state index in [-0.39, 0.29) is 47.3 Å². The predicted molar refractivity (Wildman–Crippen MR) is 154 cm³/mol. The van der Waals surface area contributed by atoms with Crippen LogP contribution in [-0.4, -0.2) is 40.1 Å². The highest BCUT2D eigenvalue weighted by atomic mass is 19.4. The summed E-state index contributed by atoms with van der Waals surface area (Å²) in [5.41, 5.74) is 3.58. The van der Waals surface area contributed by atoms with Crippen LogP contribution in [0.4, 0.5) is 24.5 Å². The molecule has 4 aromatic rings. The van der Waals surface area contributed by atoms with Crippen molar-refractivity contribution in [3.05, 3.63) is 114 Å². The molecule has 1 heterocycles. The summed E-state index contributed by atoms with van der Waals surface area (Å²) in [6.45, 7) is 0.0551. The molecule has 43 heavy (non-hydrogen) atoms. The Hall–Kier alpha value is -5.49. The monoisotopic (exact) mass is 588 g/mol. The van der Waals surface area contributed by atoms with Crippen LogP contribution >= 0.6 is 0 Å². The van der Waals surface area contributed by atoms with Crippen LogP contribution in [-0.2, 0) is 22.3 Å². The van der Waals surface area contributed by atoms with E-state index >= 15 is 0 Å². The van der Waals surface area contributed by atoms with Gasteiger partial charge in [0.15, 0.2) is 5.71 Å². The Kier molecular flexibility index (Phi) is 8.21. The van der Waals surface area contributed by atoms with Crippen molar-refractivity contribution in [1.82, 2.24) is 0 Å². The van der Waals surface area contributed by atoms with Crippen molar-refractivity contribution in [1.29, 1.82) is 0 Å². The zero-order valence-electron chi connectivity index (χ0n) is 22.2. The van der Waals surface area contributed by atoms with Gasteiger partial charge in [-0.25, -0.2) is 4.79 Å². The van der Waals surface area contributed by atoms with Gasteiger partial charge < -0.3 is 14.9 Å². The number of ether oxygens (including phenoxy) is 1. The van der Waals surface area contributed by atoms with E-state index in [2.05, 4.69) is 15.6 Å². The van der Waals surface area contributed by atoms with Crippen molar-refractivity contribution in [3.63, 3.8) is 0 Å². The van der Waals surface area contributed by atoms with Crippen LogP contribution in [0.2, 0.25) is 0 Å². The molecule has 9 nitrogen and oxygen atoms in total. The van der Waals surface area contributed by atoms with Crippen LogP contribution in [0.3, 0.4) is 0 Å². The molecule has 1 aliphatic rings. The van der Waals surface area contributed by atoms with E-state index < -0.39 is 23.6 Å². The number of halogens is 3. The number of rotatable bonds is 9. The molecule has 1 amide bonds. The number of carboxylic acids is 1. The topological polar surface area (TPSA) is 124 Å². The lowest BCUT2D eigenvalue weighted by molar-refractivity contribution is -0.137. The van der Waals surface area contributed by atoms with E-state index in [1.54, 1.807) is 24.3 Å². The van der Waals surface area contributed by atoms with Crippen molar-refractivity contribution in [2.45, 2.75) is 12.8 Å². The third-order valence-electron chi connectivity index (χ3n) is 6.42. The number of hydrogen-bond donors (Lipinski definition) is 3. The van der Waals surface area contributed by atoms with Gasteiger partial charge in [-0.3, -0.25) is 10.2 Å². The molecule has 218 valence electrons. The molecule has 0 spiro atoms. The van der Waals surface area contributed by atoms with Gasteiger partial charge in [0.2, 0.25) is 0 Å². The fourth-order valence-electron chi connectivity index (χ4n) is 4.26. The molecular weight excluding hydrogens is 565 g/mol. The zero-order valence-corrected chi connectivity index (χ0v) is 22.2. The molecular formula is C31H23F3N4O5. The molecule has 0 radical (unpaired) electrons. The number of phenols is 1. The maximum Gasteiger partial charge on any atom is 0.416 e. The normalized spacial score (nSPS) is 14.2. The highest BCUT2D eigenvalue weighted by molar-refractivity contribution is 6.72. The number of para-hydroxylation sites is 1. The van der Waals surface area contributed by atoms with Gasteiger partial charge in [-0.2, -0.15) is 28.4 Å². The second-order valence-corrected chi connectivity index (χ2v) is 9.35. The number of amides is 1. The fraction of sp³-hybridized carbons (Fsp3) is 0.0968. The van der Waals surface area contributed by atoms with Gasteiger partial charge in [0.1, 0.15) is 11.5 Å². The Morgan fingerprint density at radius 2 is 1.65 bits per heavy atom. The minimum absolute atomic E-state index is 0.0340. The lowest BCUT2D eigenvalue weighted by atomic mass is 10.0. The minimum atomic E-state index is -4.55. The van der Waals surface area contributed by atoms with Gasteiger partial charge in [-0.1, -0.05) is 54.6 Å². The lowest BCUT2D eigenvalue weighted by Gasteiger charge is -2.13. The minimum Gasteiger partial charge on any atom is -0.505 e. The number of hydrogen-bond acceptors (Lipinski definition) is 7. The van der Waals surface area contributed by atoms with E-state index in [0.717, 1.165) is 34.8 Å². The quantitative estimate of drug-likeness (QED) is 0.159. The van der Waals surface area contributed by atoms with Gasteiger partial charge in [0.25, 0.3) is 0 Å². The second-order valence-electron chi connectivity index (χ2n) is 9.35. The Labute approximate surface area is 243 Å². The van der Waals surface area contributed by atoms with E-state index in [4.69, 9.17) is 4.74 Å². The molecule has 0 bridgehead atoms. The standard InChI is InChI=1S/C31H23F3N4O5/c32-31(33,34)22-12-14-23(15-13-22)38-29(40)27(26(37-38)18-43-17-19-6-2-1-3-7-19)36-35-25-11-5-10-24(28(25)39)20-8-4-9-21(16-20)30(41)42/h1-16,35,39H,17-18H2,(H,41,42). The number of carboxylic acid groups (broad SMARTS) is 1. The van der Waals surface area contributed by atoms with Crippen LogP contribution in [0, 0.1) is 0 Å².